The van der Waals surface area contributed by atoms with Crippen LogP contribution in [0.15, 0.2) is 60.7 Å². The number of carbonyl (C=O) groups is 2. The number of aromatic nitrogens is 1. The summed E-state index contributed by atoms with van der Waals surface area (Å²) in [6.45, 7) is 6.41. The minimum atomic E-state index is -0.448. The van der Waals surface area contributed by atoms with E-state index in [0.29, 0.717) is 11.7 Å². The van der Waals surface area contributed by atoms with Crippen molar-refractivity contribution in [3.05, 3.63) is 82.4 Å². The maximum Gasteiger partial charge on any atom is 0.245 e. The van der Waals surface area contributed by atoms with Crippen molar-refractivity contribution >= 4 is 28.3 Å². The number of thiazole rings is 1. The number of rotatable bonds is 8. The molecule has 1 N–H and O–H groups in total. The van der Waals surface area contributed by atoms with Crippen LogP contribution in [-0.2, 0) is 9.59 Å². The van der Waals surface area contributed by atoms with Crippen molar-refractivity contribution in [1.82, 2.24) is 9.88 Å². The molecule has 0 aliphatic carbocycles. The summed E-state index contributed by atoms with van der Waals surface area (Å²) in [5, 5.41) is 3.41. The SMILES string of the molecule is CCCN(CC(=O)Nc1nc(C)c(C)s1)C(=O)C(c1ccccc1)c1ccccc1. The Morgan fingerprint density at radius 2 is 1.57 bits per heavy atom. The predicted molar refractivity (Wildman–Crippen MR) is 122 cm³/mol. The summed E-state index contributed by atoms with van der Waals surface area (Å²) in [4.78, 5) is 33.4. The summed E-state index contributed by atoms with van der Waals surface area (Å²) < 4.78 is 0. The molecule has 6 heteroatoms. The van der Waals surface area contributed by atoms with Gasteiger partial charge >= 0.3 is 0 Å². The first-order chi connectivity index (χ1) is 14.5. The van der Waals surface area contributed by atoms with Gasteiger partial charge in [-0.15, -0.1) is 11.3 Å². The lowest BCUT2D eigenvalue weighted by molar-refractivity contribution is -0.135. The van der Waals surface area contributed by atoms with E-state index < -0.39 is 5.92 Å². The molecule has 1 heterocycles. The summed E-state index contributed by atoms with van der Waals surface area (Å²) in [7, 11) is 0. The number of hydrogen-bond acceptors (Lipinski definition) is 4. The van der Waals surface area contributed by atoms with Gasteiger partial charge in [0.2, 0.25) is 11.8 Å². The van der Waals surface area contributed by atoms with Crippen molar-refractivity contribution in [2.75, 3.05) is 18.4 Å². The topological polar surface area (TPSA) is 62.3 Å². The molecule has 30 heavy (non-hydrogen) atoms. The highest BCUT2D eigenvalue weighted by Gasteiger charge is 2.28. The monoisotopic (exact) mass is 421 g/mol. The van der Waals surface area contributed by atoms with Crippen molar-refractivity contribution in [3.63, 3.8) is 0 Å². The second kappa shape index (κ2) is 10.2. The van der Waals surface area contributed by atoms with Crippen LogP contribution in [0.5, 0.6) is 0 Å². The standard InChI is InChI=1S/C24H27N3O2S/c1-4-15-27(16-21(28)26-24-25-17(2)18(3)30-24)23(29)22(19-11-7-5-8-12-19)20-13-9-6-10-14-20/h5-14,22H,4,15-16H2,1-3H3,(H,25,26,28). The Morgan fingerprint density at radius 1 is 1.00 bits per heavy atom. The van der Waals surface area contributed by atoms with Gasteiger partial charge in [-0.05, 0) is 31.4 Å². The molecule has 5 nitrogen and oxygen atoms in total. The Kier molecular flexibility index (Phi) is 7.36. The fourth-order valence-corrected chi connectivity index (χ4v) is 4.18. The van der Waals surface area contributed by atoms with Crippen LogP contribution in [-0.4, -0.2) is 34.8 Å². The van der Waals surface area contributed by atoms with E-state index in [0.717, 1.165) is 28.1 Å². The normalized spacial score (nSPS) is 10.8. The van der Waals surface area contributed by atoms with Crippen LogP contribution in [0.25, 0.3) is 0 Å². The average Bonchev–Trinajstić information content (AvgIpc) is 3.06. The third-order valence-electron chi connectivity index (χ3n) is 4.93. The van der Waals surface area contributed by atoms with Gasteiger partial charge in [-0.2, -0.15) is 0 Å². The highest BCUT2D eigenvalue weighted by atomic mass is 32.1. The maximum absolute atomic E-state index is 13.6. The highest BCUT2D eigenvalue weighted by Crippen LogP contribution is 2.27. The van der Waals surface area contributed by atoms with E-state index in [1.54, 1.807) is 4.90 Å². The number of hydrogen-bond donors (Lipinski definition) is 1. The van der Waals surface area contributed by atoms with Gasteiger partial charge in [0, 0.05) is 11.4 Å². The van der Waals surface area contributed by atoms with Gasteiger partial charge in [0.15, 0.2) is 5.13 Å². The van der Waals surface area contributed by atoms with Crippen molar-refractivity contribution in [3.8, 4) is 0 Å². The molecule has 0 saturated carbocycles. The van der Waals surface area contributed by atoms with Crippen LogP contribution in [0.1, 0.15) is 41.0 Å². The van der Waals surface area contributed by atoms with E-state index in [-0.39, 0.29) is 18.4 Å². The van der Waals surface area contributed by atoms with Gasteiger partial charge in [-0.1, -0.05) is 67.6 Å². The first kappa shape index (κ1) is 21.7. The summed E-state index contributed by atoms with van der Waals surface area (Å²) in [5.41, 5.74) is 2.74. The second-order valence-electron chi connectivity index (χ2n) is 7.22. The Hall–Kier alpha value is -2.99. The number of aryl methyl sites for hydroxylation is 2. The Bertz CT molecular complexity index is 927. The van der Waals surface area contributed by atoms with E-state index in [9.17, 15) is 9.59 Å². The molecule has 0 saturated heterocycles. The fraction of sp³-hybridized carbons (Fsp3) is 0.292. The molecule has 0 aliphatic heterocycles. The molecule has 0 radical (unpaired) electrons. The lowest BCUT2D eigenvalue weighted by Gasteiger charge is -2.27. The van der Waals surface area contributed by atoms with Gasteiger partial charge in [0.25, 0.3) is 0 Å². The van der Waals surface area contributed by atoms with E-state index in [1.165, 1.54) is 11.3 Å². The van der Waals surface area contributed by atoms with Gasteiger partial charge in [-0.3, -0.25) is 9.59 Å². The van der Waals surface area contributed by atoms with Crippen LogP contribution in [0.4, 0.5) is 5.13 Å². The molecular weight excluding hydrogens is 394 g/mol. The van der Waals surface area contributed by atoms with E-state index in [2.05, 4.69) is 10.3 Å². The number of nitrogens with zero attached hydrogens (tertiary/aromatic N) is 2. The number of anilines is 1. The minimum absolute atomic E-state index is 0.000512. The Labute approximate surface area is 181 Å². The Morgan fingerprint density at radius 3 is 2.03 bits per heavy atom. The molecule has 3 aromatic rings. The fourth-order valence-electron chi connectivity index (χ4n) is 3.35. The molecule has 3 rings (SSSR count). The molecule has 0 bridgehead atoms. The number of nitrogens with one attached hydrogen (secondary N) is 1. The van der Waals surface area contributed by atoms with E-state index in [4.69, 9.17) is 0 Å². The lowest BCUT2D eigenvalue weighted by atomic mass is 9.90. The van der Waals surface area contributed by atoms with Gasteiger partial charge in [0.1, 0.15) is 0 Å². The molecule has 0 unspecified atom stereocenters. The first-order valence-corrected chi connectivity index (χ1v) is 10.9. The van der Waals surface area contributed by atoms with Gasteiger partial charge in [0.05, 0.1) is 18.2 Å². The van der Waals surface area contributed by atoms with Crippen LogP contribution >= 0.6 is 11.3 Å². The number of benzene rings is 2. The quantitative estimate of drug-likeness (QED) is 0.570. The van der Waals surface area contributed by atoms with Crippen LogP contribution in [0, 0.1) is 13.8 Å². The lowest BCUT2D eigenvalue weighted by Crippen LogP contribution is -2.41. The Balaban J connectivity index is 1.83. The summed E-state index contributed by atoms with van der Waals surface area (Å²) >= 11 is 1.45. The van der Waals surface area contributed by atoms with E-state index >= 15 is 0 Å². The van der Waals surface area contributed by atoms with Gasteiger partial charge < -0.3 is 10.2 Å². The molecule has 1 aromatic heterocycles. The molecule has 2 amide bonds. The summed E-state index contributed by atoms with van der Waals surface area (Å²) in [6.07, 6.45) is 0.769. The van der Waals surface area contributed by atoms with Crippen LogP contribution in [0.2, 0.25) is 0 Å². The first-order valence-electron chi connectivity index (χ1n) is 10.1. The van der Waals surface area contributed by atoms with Crippen molar-refractivity contribution in [2.45, 2.75) is 33.1 Å². The zero-order valence-electron chi connectivity index (χ0n) is 17.6. The zero-order valence-corrected chi connectivity index (χ0v) is 18.4. The second-order valence-corrected chi connectivity index (χ2v) is 8.43. The third-order valence-corrected chi connectivity index (χ3v) is 5.92. The number of carbonyl (C=O) groups excluding carboxylic acids is 2. The third kappa shape index (κ3) is 5.33. The van der Waals surface area contributed by atoms with E-state index in [1.807, 2.05) is 81.4 Å². The molecular formula is C24H27N3O2S. The molecule has 0 fully saturated rings. The van der Waals surface area contributed by atoms with Crippen LogP contribution in [0.3, 0.4) is 0 Å². The van der Waals surface area contributed by atoms with Crippen molar-refractivity contribution in [1.29, 1.82) is 0 Å². The molecule has 156 valence electrons. The zero-order chi connectivity index (χ0) is 21.5. The van der Waals surface area contributed by atoms with Crippen LogP contribution < -0.4 is 5.32 Å². The van der Waals surface area contributed by atoms with Gasteiger partial charge in [-0.25, -0.2) is 4.98 Å². The highest BCUT2D eigenvalue weighted by molar-refractivity contribution is 7.15. The van der Waals surface area contributed by atoms with Crippen molar-refractivity contribution in [2.24, 2.45) is 0 Å². The molecule has 2 aromatic carbocycles. The largest absolute Gasteiger partial charge is 0.333 e. The minimum Gasteiger partial charge on any atom is -0.333 e. The molecule has 0 spiro atoms. The number of amides is 2. The predicted octanol–water partition coefficient (Wildman–Crippen LogP) is 4.77. The summed E-state index contributed by atoms with van der Waals surface area (Å²) in [6, 6.07) is 19.4. The maximum atomic E-state index is 13.6. The molecule has 0 aliphatic rings. The average molecular weight is 422 g/mol. The summed E-state index contributed by atoms with van der Waals surface area (Å²) in [5.74, 6) is -0.752. The van der Waals surface area contributed by atoms with Crippen molar-refractivity contribution < 1.29 is 9.59 Å². The smallest absolute Gasteiger partial charge is 0.245 e. The molecule has 0 atom stereocenters.